The van der Waals surface area contributed by atoms with Gasteiger partial charge in [-0.3, -0.25) is 0 Å². The minimum Gasteiger partial charge on any atom is -0.207 e. The average Bonchev–Trinajstić information content (AvgIpc) is 2.10. The highest BCUT2D eigenvalue weighted by molar-refractivity contribution is 5.27. The van der Waals surface area contributed by atoms with E-state index >= 15 is 0 Å². The molecule has 0 bridgehead atoms. The average molecular weight is 176 g/mol. The van der Waals surface area contributed by atoms with Crippen molar-refractivity contribution in [2.45, 2.75) is 26.2 Å². The van der Waals surface area contributed by atoms with Crippen LogP contribution < -0.4 is 0 Å². The molecule has 0 nitrogen and oxygen atoms in total. The van der Waals surface area contributed by atoms with Gasteiger partial charge in [-0.05, 0) is 30.0 Å². The second kappa shape index (κ2) is 4.09. The van der Waals surface area contributed by atoms with E-state index < -0.39 is 0 Å². The zero-order chi connectivity index (χ0) is 9.84. The van der Waals surface area contributed by atoms with E-state index in [1.54, 1.807) is 13.0 Å². The SMILES string of the molecule is C#CCC(C)c1ccc(F)c(C)c1. The van der Waals surface area contributed by atoms with E-state index in [4.69, 9.17) is 6.42 Å². The van der Waals surface area contributed by atoms with Crippen molar-refractivity contribution in [3.8, 4) is 12.3 Å². The van der Waals surface area contributed by atoms with E-state index in [1.807, 2.05) is 13.0 Å². The van der Waals surface area contributed by atoms with Crippen molar-refractivity contribution in [2.75, 3.05) is 0 Å². The summed E-state index contributed by atoms with van der Waals surface area (Å²) < 4.78 is 12.9. The Labute approximate surface area is 78.8 Å². The molecule has 0 spiro atoms. The van der Waals surface area contributed by atoms with E-state index in [1.165, 1.54) is 6.07 Å². The molecule has 1 heteroatoms. The lowest BCUT2D eigenvalue weighted by molar-refractivity contribution is 0.616. The monoisotopic (exact) mass is 176 g/mol. The first-order chi connectivity index (χ1) is 6.15. The third kappa shape index (κ3) is 2.32. The minimum atomic E-state index is -0.156. The van der Waals surface area contributed by atoms with Gasteiger partial charge in [-0.15, -0.1) is 12.3 Å². The lowest BCUT2D eigenvalue weighted by Crippen LogP contribution is -1.94. The molecule has 13 heavy (non-hydrogen) atoms. The Hall–Kier alpha value is -1.29. The largest absolute Gasteiger partial charge is 0.207 e. The fourth-order valence-electron chi connectivity index (χ4n) is 1.27. The van der Waals surface area contributed by atoms with Gasteiger partial charge in [-0.1, -0.05) is 19.1 Å². The van der Waals surface area contributed by atoms with Crippen LogP contribution >= 0.6 is 0 Å². The third-order valence-electron chi connectivity index (χ3n) is 2.18. The Morgan fingerprint density at radius 1 is 1.54 bits per heavy atom. The molecule has 0 radical (unpaired) electrons. The van der Waals surface area contributed by atoms with Crippen LogP contribution in [0.1, 0.15) is 30.4 Å². The van der Waals surface area contributed by atoms with Crippen LogP contribution in [0.25, 0.3) is 0 Å². The molecule has 1 atom stereocenters. The van der Waals surface area contributed by atoms with Crippen molar-refractivity contribution in [1.82, 2.24) is 0 Å². The van der Waals surface area contributed by atoms with Gasteiger partial charge in [0.1, 0.15) is 5.82 Å². The number of aryl methyl sites for hydroxylation is 1. The number of terminal acetylenes is 1. The van der Waals surface area contributed by atoms with Gasteiger partial charge in [0.2, 0.25) is 0 Å². The Bertz CT molecular complexity index is 333. The highest BCUT2D eigenvalue weighted by Gasteiger charge is 2.05. The Balaban J connectivity index is 2.91. The Morgan fingerprint density at radius 2 is 2.23 bits per heavy atom. The topological polar surface area (TPSA) is 0 Å². The molecule has 0 aliphatic carbocycles. The van der Waals surface area contributed by atoms with Gasteiger partial charge in [0.15, 0.2) is 0 Å². The number of rotatable bonds is 2. The zero-order valence-electron chi connectivity index (χ0n) is 7.97. The quantitative estimate of drug-likeness (QED) is 0.607. The number of halogens is 1. The summed E-state index contributed by atoms with van der Waals surface area (Å²) in [5, 5.41) is 0. The molecule has 0 amide bonds. The van der Waals surface area contributed by atoms with Crippen LogP contribution in [-0.2, 0) is 0 Å². The summed E-state index contributed by atoms with van der Waals surface area (Å²) in [6, 6.07) is 5.15. The van der Waals surface area contributed by atoms with Crippen molar-refractivity contribution in [2.24, 2.45) is 0 Å². The van der Waals surface area contributed by atoms with Crippen LogP contribution in [0.4, 0.5) is 4.39 Å². The maximum Gasteiger partial charge on any atom is 0.126 e. The molecule has 1 rings (SSSR count). The molecule has 0 heterocycles. The van der Waals surface area contributed by atoms with Crippen molar-refractivity contribution >= 4 is 0 Å². The molecule has 0 aliphatic rings. The first kappa shape index (κ1) is 9.80. The molecule has 68 valence electrons. The van der Waals surface area contributed by atoms with Crippen molar-refractivity contribution in [3.05, 3.63) is 35.1 Å². The summed E-state index contributed by atoms with van der Waals surface area (Å²) in [7, 11) is 0. The number of hydrogen-bond donors (Lipinski definition) is 0. The molecule has 0 N–H and O–H groups in total. The molecule has 1 aromatic carbocycles. The summed E-state index contributed by atoms with van der Waals surface area (Å²) in [4.78, 5) is 0. The van der Waals surface area contributed by atoms with Crippen LogP contribution in [0.5, 0.6) is 0 Å². The normalized spacial score (nSPS) is 12.2. The second-order valence-electron chi connectivity index (χ2n) is 3.32. The summed E-state index contributed by atoms with van der Waals surface area (Å²) >= 11 is 0. The molecule has 0 fully saturated rings. The molecule has 1 unspecified atom stereocenters. The first-order valence-electron chi connectivity index (χ1n) is 4.34. The predicted octanol–water partition coefficient (Wildman–Crippen LogP) is 3.26. The van der Waals surface area contributed by atoms with Gasteiger partial charge >= 0.3 is 0 Å². The summed E-state index contributed by atoms with van der Waals surface area (Å²) in [5.74, 6) is 2.76. The van der Waals surface area contributed by atoms with Crippen LogP contribution in [0.2, 0.25) is 0 Å². The maximum absolute atomic E-state index is 12.9. The molecule has 0 aliphatic heterocycles. The van der Waals surface area contributed by atoms with E-state index in [9.17, 15) is 4.39 Å². The van der Waals surface area contributed by atoms with Gasteiger partial charge in [0.25, 0.3) is 0 Å². The third-order valence-corrected chi connectivity index (χ3v) is 2.18. The Morgan fingerprint density at radius 3 is 2.77 bits per heavy atom. The lowest BCUT2D eigenvalue weighted by atomic mass is 9.97. The van der Waals surface area contributed by atoms with Crippen LogP contribution in [-0.4, -0.2) is 0 Å². The fraction of sp³-hybridized carbons (Fsp3) is 0.333. The molecular formula is C12H13F. The number of hydrogen-bond acceptors (Lipinski definition) is 0. The lowest BCUT2D eigenvalue weighted by Gasteiger charge is -2.09. The number of benzene rings is 1. The van der Waals surface area contributed by atoms with Crippen molar-refractivity contribution < 1.29 is 4.39 Å². The Kier molecular flexibility index (Phi) is 3.08. The molecule has 0 saturated heterocycles. The van der Waals surface area contributed by atoms with Gasteiger partial charge < -0.3 is 0 Å². The highest BCUT2D eigenvalue weighted by atomic mass is 19.1. The minimum absolute atomic E-state index is 0.156. The molecule has 1 aromatic rings. The molecule has 0 saturated carbocycles. The van der Waals surface area contributed by atoms with Crippen molar-refractivity contribution in [3.63, 3.8) is 0 Å². The van der Waals surface area contributed by atoms with E-state index in [0.717, 1.165) is 5.56 Å². The van der Waals surface area contributed by atoms with Crippen LogP contribution in [0.3, 0.4) is 0 Å². The highest BCUT2D eigenvalue weighted by Crippen LogP contribution is 2.20. The molecule has 0 aromatic heterocycles. The standard InChI is InChI=1S/C12H13F/c1-4-5-9(2)11-6-7-12(13)10(3)8-11/h1,6-9H,5H2,2-3H3. The summed E-state index contributed by atoms with van der Waals surface area (Å²) in [5.41, 5.74) is 1.79. The van der Waals surface area contributed by atoms with Crippen LogP contribution in [0.15, 0.2) is 18.2 Å². The molecular weight excluding hydrogens is 163 g/mol. The summed E-state index contributed by atoms with van der Waals surface area (Å²) in [6.07, 6.45) is 5.91. The smallest absolute Gasteiger partial charge is 0.126 e. The summed E-state index contributed by atoms with van der Waals surface area (Å²) in [6.45, 7) is 3.81. The van der Waals surface area contributed by atoms with Crippen LogP contribution in [0, 0.1) is 25.1 Å². The van der Waals surface area contributed by atoms with Crippen molar-refractivity contribution in [1.29, 1.82) is 0 Å². The first-order valence-corrected chi connectivity index (χ1v) is 4.34. The fourth-order valence-corrected chi connectivity index (χ4v) is 1.27. The van der Waals surface area contributed by atoms with E-state index in [2.05, 4.69) is 5.92 Å². The second-order valence-corrected chi connectivity index (χ2v) is 3.32. The zero-order valence-corrected chi connectivity index (χ0v) is 7.97. The van der Waals surface area contributed by atoms with E-state index in [-0.39, 0.29) is 5.82 Å². The van der Waals surface area contributed by atoms with Gasteiger partial charge in [0, 0.05) is 6.42 Å². The van der Waals surface area contributed by atoms with E-state index in [0.29, 0.717) is 17.9 Å². The predicted molar refractivity (Wildman–Crippen MR) is 53.0 cm³/mol. The van der Waals surface area contributed by atoms with Gasteiger partial charge in [-0.2, -0.15) is 0 Å². The maximum atomic E-state index is 12.9. The van der Waals surface area contributed by atoms with Gasteiger partial charge in [0.05, 0.1) is 0 Å². The van der Waals surface area contributed by atoms with Gasteiger partial charge in [-0.25, -0.2) is 4.39 Å².